The summed E-state index contributed by atoms with van der Waals surface area (Å²) in [5, 5.41) is 16.3. The van der Waals surface area contributed by atoms with Gasteiger partial charge >= 0.3 is 0 Å². The lowest BCUT2D eigenvalue weighted by Gasteiger charge is -2.34. The van der Waals surface area contributed by atoms with Crippen LogP contribution < -0.4 is 9.64 Å². The summed E-state index contributed by atoms with van der Waals surface area (Å²) in [7, 11) is 0. The highest BCUT2D eigenvalue weighted by atomic mass is 19.1. The van der Waals surface area contributed by atoms with Crippen LogP contribution in [0, 0.1) is 15.9 Å². The minimum Gasteiger partial charge on any atom is -0.452 e. The van der Waals surface area contributed by atoms with E-state index in [9.17, 15) is 19.3 Å². The standard InChI is InChI=1S/C25H27FN4O6/c1-16(31)28(18-7-10-34-11-8-18)22-14-21-17(15-27-29(21)25-4-2-3-9-35-25)12-24(22)36-23-6-5-19(30(32)33)13-20(23)26/h5-6,12-15,18,25H,2-4,7-11H2,1H3. The second-order valence-corrected chi connectivity index (χ2v) is 9.00. The number of anilines is 1. The number of non-ortho nitro benzene ring substituents is 1. The molecule has 2 aliphatic heterocycles. The van der Waals surface area contributed by atoms with Gasteiger partial charge in [0.1, 0.15) is 0 Å². The molecule has 190 valence electrons. The molecule has 0 saturated carbocycles. The summed E-state index contributed by atoms with van der Waals surface area (Å²) in [6, 6.07) is 6.62. The van der Waals surface area contributed by atoms with Crippen molar-refractivity contribution in [3.63, 3.8) is 0 Å². The monoisotopic (exact) mass is 498 g/mol. The number of nitrogens with zero attached hydrogens (tertiary/aromatic N) is 4. The van der Waals surface area contributed by atoms with Crippen LogP contribution in [0.3, 0.4) is 0 Å². The largest absolute Gasteiger partial charge is 0.452 e. The van der Waals surface area contributed by atoms with E-state index in [1.54, 1.807) is 17.2 Å². The van der Waals surface area contributed by atoms with Crippen LogP contribution in [0.25, 0.3) is 10.9 Å². The second kappa shape index (κ2) is 10.2. The Bertz CT molecular complexity index is 1280. The number of nitro benzene ring substituents is 1. The number of benzene rings is 2. The molecule has 36 heavy (non-hydrogen) atoms. The Labute approximate surface area is 206 Å². The van der Waals surface area contributed by atoms with Crippen LogP contribution >= 0.6 is 0 Å². The van der Waals surface area contributed by atoms with Gasteiger partial charge in [-0.2, -0.15) is 5.10 Å². The molecule has 2 aliphatic rings. The van der Waals surface area contributed by atoms with Crippen molar-refractivity contribution in [1.82, 2.24) is 9.78 Å². The number of hydrogen-bond acceptors (Lipinski definition) is 7. The summed E-state index contributed by atoms with van der Waals surface area (Å²) in [6.07, 6.45) is 5.62. The molecule has 1 unspecified atom stereocenters. The zero-order chi connectivity index (χ0) is 25.2. The third kappa shape index (κ3) is 4.76. The third-order valence-electron chi connectivity index (χ3n) is 6.61. The van der Waals surface area contributed by atoms with E-state index in [-0.39, 0.29) is 35.4 Å². The Hall–Kier alpha value is -3.57. The Morgan fingerprint density at radius 2 is 1.97 bits per heavy atom. The number of halogens is 1. The first-order valence-electron chi connectivity index (χ1n) is 12.0. The number of rotatable bonds is 6. The minimum absolute atomic E-state index is 0.125. The summed E-state index contributed by atoms with van der Waals surface area (Å²) in [5.74, 6) is -0.988. The van der Waals surface area contributed by atoms with Gasteiger partial charge in [0.05, 0.1) is 28.4 Å². The van der Waals surface area contributed by atoms with Gasteiger partial charge in [-0.3, -0.25) is 14.9 Å². The maximum absolute atomic E-state index is 14.7. The van der Waals surface area contributed by atoms with E-state index in [4.69, 9.17) is 14.2 Å². The quantitative estimate of drug-likeness (QED) is 0.343. The van der Waals surface area contributed by atoms with Gasteiger partial charge in [-0.05, 0) is 50.3 Å². The predicted molar refractivity (Wildman–Crippen MR) is 129 cm³/mol. The number of aromatic nitrogens is 2. The topological polar surface area (TPSA) is 109 Å². The number of carbonyl (C=O) groups is 1. The fourth-order valence-electron chi connectivity index (χ4n) is 4.85. The van der Waals surface area contributed by atoms with Crippen molar-refractivity contribution in [2.75, 3.05) is 24.7 Å². The molecule has 2 saturated heterocycles. The predicted octanol–water partition coefficient (Wildman–Crippen LogP) is 5.11. The second-order valence-electron chi connectivity index (χ2n) is 9.00. The number of fused-ring (bicyclic) bond motifs is 1. The van der Waals surface area contributed by atoms with E-state index in [0.717, 1.165) is 36.2 Å². The van der Waals surface area contributed by atoms with E-state index in [1.165, 1.54) is 19.1 Å². The molecule has 3 heterocycles. The van der Waals surface area contributed by atoms with E-state index >= 15 is 0 Å². The number of carbonyl (C=O) groups excluding carboxylic acids is 1. The molecular formula is C25H27FN4O6. The molecule has 1 atom stereocenters. The van der Waals surface area contributed by atoms with Crippen molar-refractivity contribution in [3.8, 4) is 11.5 Å². The van der Waals surface area contributed by atoms with Gasteiger partial charge in [-0.25, -0.2) is 9.07 Å². The van der Waals surface area contributed by atoms with Gasteiger partial charge in [0.2, 0.25) is 5.91 Å². The summed E-state index contributed by atoms with van der Waals surface area (Å²) in [5.41, 5.74) is 0.862. The van der Waals surface area contributed by atoms with Crippen LogP contribution in [0.15, 0.2) is 36.5 Å². The Balaban J connectivity index is 1.61. The van der Waals surface area contributed by atoms with E-state index < -0.39 is 10.7 Å². The lowest BCUT2D eigenvalue weighted by atomic mass is 10.0. The zero-order valence-electron chi connectivity index (χ0n) is 19.9. The molecule has 1 aromatic heterocycles. The zero-order valence-corrected chi connectivity index (χ0v) is 19.9. The van der Waals surface area contributed by atoms with Gasteiger partial charge < -0.3 is 19.1 Å². The van der Waals surface area contributed by atoms with Crippen molar-refractivity contribution in [1.29, 1.82) is 0 Å². The molecule has 1 amide bonds. The van der Waals surface area contributed by atoms with Crippen LogP contribution in [-0.4, -0.2) is 46.5 Å². The molecule has 0 radical (unpaired) electrons. The van der Waals surface area contributed by atoms with Gasteiger partial charge in [0.15, 0.2) is 23.5 Å². The van der Waals surface area contributed by atoms with Crippen LogP contribution in [-0.2, 0) is 14.3 Å². The number of hydrogen-bond donors (Lipinski definition) is 0. The normalized spacial score (nSPS) is 18.8. The summed E-state index contributed by atoms with van der Waals surface area (Å²) >= 11 is 0. The smallest absolute Gasteiger partial charge is 0.272 e. The molecule has 5 rings (SSSR count). The number of amides is 1. The maximum Gasteiger partial charge on any atom is 0.272 e. The first-order valence-corrected chi connectivity index (χ1v) is 12.0. The fraction of sp³-hybridized carbons (Fsp3) is 0.440. The Morgan fingerprint density at radius 3 is 2.64 bits per heavy atom. The molecule has 0 aliphatic carbocycles. The average Bonchev–Trinajstić information content (AvgIpc) is 3.29. The van der Waals surface area contributed by atoms with E-state index in [0.29, 0.717) is 38.3 Å². The Morgan fingerprint density at radius 1 is 1.17 bits per heavy atom. The number of ether oxygens (including phenoxy) is 3. The molecular weight excluding hydrogens is 471 g/mol. The van der Waals surface area contributed by atoms with Crippen LogP contribution in [0.4, 0.5) is 15.8 Å². The molecule has 3 aromatic rings. The first-order chi connectivity index (χ1) is 17.4. The van der Waals surface area contributed by atoms with Gasteiger partial charge in [0.25, 0.3) is 5.69 Å². The maximum atomic E-state index is 14.7. The molecule has 10 nitrogen and oxygen atoms in total. The average molecular weight is 499 g/mol. The van der Waals surface area contributed by atoms with Crippen molar-refractivity contribution < 1.29 is 28.3 Å². The van der Waals surface area contributed by atoms with Gasteiger partial charge in [-0.1, -0.05) is 0 Å². The molecule has 0 spiro atoms. The van der Waals surface area contributed by atoms with Crippen LogP contribution in [0.1, 0.15) is 45.3 Å². The summed E-state index contributed by atoms with van der Waals surface area (Å²) < 4.78 is 34.0. The fourth-order valence-corrected chi connectivity index (χ4v) is 4.85. The lowest BCUT2D eigenvalue weighted by molar-refractivity contribution is -0.385. The molecule has 0 bridgehead atoms. The van der Waals surface area contributed by atoms with E-state index in [2.05, 4.69) is 5.10 Å². The van der Waals surface area contributed by atoms with Crippen molar-refractivity contribution in [2.45, 2.75) is 51.3 Å². The van der Waals surface area contributed by atoms with Gasteiger partial charge in [0, 0.05) is 44.2 Å². The van der Waals surface area contributed by atoms with Crippen molar-refractivity contribution >= 4 is 28.2 Å². The van der Waals surface area contributed by atoms with Gasteiger partial charge in [-0.15, -0.1) is 0 Å². The molecule has 2 fully saturated rings. The highest BCUT2D eigenvalue weighted by molar-refractivity contribution is 5.97. The summed E-state index contributed by atoms with van der Waals surface area (Å²) in [6.45, 7) is 3.19. The molecule has 2 aromatic carbocycles. The third-order valence-corrected chi connectivity index (χ3v) is 6.61. The minimum atomic E-state index is -0.873. The van der Waals surface area contributed by atoms with Crippen LogP contribution in [0.2, 0.25) is 0 Å². The van der Waals surface area contributed by atoms with Crippen LogP contribution in [0.5, 0.6) is 11.5 Å². The number of nitro groups is 1. The Kier molecular flexibility index (Phi) is 6.84. The SMILES string of the molecule is CC(=O)N(c1cc2c(cnn2C2CCCCO2)cc1Oc1ccc([N+](=O)[O-])cc1F)C1CCOCC1. The highest BCUT2D eigenvalue weighted by Gasteiger charge is 2.30. The van der Waals surface area contributed by atoms with Crippen molar-refractivity contribution in [3.05, 3.63) is 52.5 Å². The van der Waals surface area contributed by atoms with E-state index in [1.807, 2.05) is 10.7 Å². The lowest BCUT2D eigenvalue weighted by Crippen LogP contribution is -2.42. The highest BCUT2D eigenvalue weighted by Crippen LogP contribution is 2.40. The summed E-state index contributed by atoms with van der Waals surface area (Å²) in [4.78, 5) is 24.9. The van der Waals surface area contributed by atoms with Crippen molar-refractivity contribution in [2.24, 2.45) is 0 Å². The first kappa shape index (κ1) is 24.1. The molecule has 0 N–H and O–H groups in total. The molecule has 11 heteroatoms.